The molecule has 0 aliphatic carbocycles. The summed E-state index contributed by atoms with van der Waals surface area (Å²) in [4.78, 5) is 12.3. The Hall–Kier alpha value is -3.21. The largest absolute Gasteiger partial charge is 0.416 e. The van der Waals surface area contributed by atoms with E-state index >= 15 is 0 Å². The summed E-state index contributed by atoms with van der Waals surface area (Å²) in [6.45, 7) is 1.80. The fourth-order valence-corrected chi connectivity index (χ4v) is 3.26. The van der Waals surface area contributed by atoms with Crippen LogP contribution in [0.15, 0.2) is 42.6 Å². The van der Waals surface area contributed by atoms with E-state index in [2.05, 4.69) is 10.4 Å². The standard InChI is InChI=1S/C20H15ClF6N4O/c1-10-3-4-13(8-15(10)17-16(21)9-28-31(17)2)29-18(32)30-14-6-11(19(22,23)24)5-12(7-14)20(25,26)27/h3-9H,1-2H3,(H2,29,30,32). The fraction of sp³-hybridized carbons (Fsp3) is 0.200. The zero-order valence-electron chi connectivity index (χ0n) is 16.5. The molecule has 0 bridgehead atoms. The second kappa shape index (κ2) is 8.38. The SMILES string of the molecule is Cc1ccc(NC(=O)Nc2cc(C(F)(F)F)cc(C(F)(F)F)c2)cc1-c1c(Cl)cnn1C. The Kier molecular flexibility index (Phi) is 6.14. The zero-order chi connectivity index (χ0) is 23.8. The van der Waals surface area contributed by atoms with E-state index in [1.54, 1.807) is 26.1 Å². The van der Waals surface area contributed by atoms with Crippen LogP contribution in [0.4, 0.5) is 42.5 Å². The van der Waals surface area contributed by atoms with Crippen molar-refractivity contribution in [2.24, 2.45) is 7.05 Å². The topological polar surface area (TPSA) is 59.0 Å². The summed E-state index contributed by atoms with van der Waals surface area (Å²) >= 11 is 6.15. The van der Waals surface area contributed by atoms with Crippen LogP contribution in [0.5, 0.6) is 0 Å². The Balaban J connectivity index is 1.87. The van der Waals surface area contributed by atoms with Crippen LogP contribution >= 0.6 is 11.6 Å². The smallest absolute Gasteiger partial charge is 0.308 e. The van der Waals surface area contributed by atoms with E-state index in [0.717, 1.165) is 5.56 Å². The Morgan fingerprint density at radius 2 is 1.50 bits per heavy atom. The molecule has 32 heavy (non-hydrogen) atoms. The number of amides is 2. The highest BCUT2D eigenvalue weighted by molar-refractivity contribution is 6.33. The predicted octanol–water partition coefficient (Wildman–Crippen LogP) is 6.73. The maximum Gasteiger partial charge on any atom is 0.416 e. The van der Waals surface area contributed by atoms with Crippen LogP contribution in [0.1, 0.15) is 16.7 Å². The highest BCUT2D eigenvalue weighted by atomic mass is 35.5. The number of nitrogens with one attached hydrogen (secondary N) is 2. The highest BCUT2D eigenvalue weighted by Gasteiger charge is 2.37. The molecule has 5 nitrogen and oxygen atoms in total. The number of benzene rings is 2. The van der Waals surface area contributed by atoms with Gasteiger partial charge in [-0.2, -0.15) is 31.4 Å². The van der Waals surface area contributed by atoms with Crippen molar-refractivity contribution >= 4 is 29.0 Å². The zero-order valence-corrected chi connectivity index (χ0v) is 17.2. The van der Waals surface area contributed by atoms with Gasteiger partial charge in [-0.3, -0.25) is 4.68 Å². The lowest BCUT2D eigenvalue weighted by Crippen LogP contribution is -2.21. The summed E-state index contributed by atoms with van der Waals surface area (Å²) in [5, 5.41) is 8.80. The van der Waals surface area contributed by atoms with Gasteiger partial charge in [-0.05, 0) is 42.8 Å². The molecule has 0 radical (unpaired) electrons. The van der Waals surface area contributed by atoms with Crippen molar-refractivity contribution in [3.05, 3.63) is 64.3 Å². The molecule has 1 aromatic heterocycles. The van der Waals surface area contributed by atoms with Crippen LogP contribution in [-0.4, -0.2) is 15.8 Å². The first-order valence-electron chi connectivity index (χ1n) is 8.91. The quantitative estimate of drug-likeness (QED) is 0.412. The molecule has 2 N–H and O–H groups in total. The number of nitrogens with zero attached hydrogens (tertiary/aromatic N) is 2. The van der Waals surface area contributed by atoms with Gasteiger partial charge < -0.3 is 10.6 Å². The maximum atomic E-state index is 13.0. The molecule has 3 aromatic rings. The number of carbonyl (C=O) groups is 1. The van der Waals surface area contributed by atoms with Gasteiger partial charge in [0.1, 0.15) is 0 Å². The lowest BCUT2D eigenvalue weighted by Gasteiger charge is -2.15. The molecule has 0 aliphatic heterocycles. The molecular weight excluding hydrogens is 462 g/mol. The van der Waals surface area contributed by atoms with E-state index in [1.165, 1.54) is 16.9 Å². The van der Waals surface area contributed by atoms with Crippen molar-refractivity contribution in [1.29, 1.82) is 0 Å². The lowest BCUT2D eigenvalue weighted by molar-refractivity contribution is -0.143. The first-order chi connectivity index (χ1) is 14.8. The first-order valence-corrected chi connectivity index (χ1v) is 9.29. The normalized spacial score (nSPS) is 12.0. The predicted molar refractivity (Wildman–Crippen MR) is 107 cm³/mol. The van der Waals surface area contributed by atoms with E-state index in [1.807, 2.05) is 5.32 Å². The minimum atomic E-state index is -5.03. The number of hydrogen-bond acceptors (Lipinski definition) is 2. The van der Waals surface area contributed by atoms with Gasteiger partial charge in [-0.25, -0.2) is 4.79 Å². The Morgan fingerprint density at radius 1 is 0.938 bits per heavy atom. The van der Waals surface area contributed by atoms with E-state index < -0.39 is 35.2 Å². The van der Waals surface area contributed by atoms with Crippen molar-refractivity contribution in [1.82, 2.24) is 9.78 Å². The van der Waals surface area contributed by atoms with E-state index in [-0.39, 0.29) is 11.8 Å². The molecule has 0 saturated carbocycles. The molecule has 0 aliphatic rings. The molecule has 0 spiro atoms. The Morgan fingerprint density at radius 3 is 2.00 bits per heavy atom. The van der Waals surface area contributed by atoms with Gasteiger partial charge in [0.25, 0.3) is 0 Å². The minimum absolute atomic E-state index is 0.0209. The van der Waals surface area contributed by atoms with E-state index in [0.29, 0.717) is 28.4 Å². The molecule has 0 atom stereocenters. The number of aryl methyl sites for hydroxylation is 2. The first kappa shape index (κ1) is 23.5. The van der Waals surface area contributed by atoms with Crippen molar-refractivity contribution < 1.29 is 31.1 Å². The van der Waals surface area contributed by atoms with Crippen molar-refractivity contribution in [2.45, 2.75) is 19.3 Å². The third-order valence-electron chi connectivity index (χ3n) is 4.49. The summed E-state index contributed by atoms with van der Waals surface area (Å²) in [5.74, 6) is 0. The number of alkyl halides is 6. The summed E-state index contributed by atoms with van der Waals surface area (Å²) < 4.78 is 79.5. The number of anilines is 2. The molecule has 0 saturated heterocycles. The number of urea groups is 1. The molecule has 2 aromatic carbocycles. The van der Waals surface area contributed by atoms with Crippen LogP contribution < -0.4 is 10.6 Å². The van der Waals surface area contributed by atoms with E-state index in [9.17, 15) is 31.1 Å². The molecule has 1 heterocycles. The average molecular weight is 477 g/mol. The average Bonchev–Trinajstić information content (AvgIpc) is 3.00. The highest BCUT2D eigenvalue weighted by Crippen LogP contribution is 2.37. The third-order valence-corrected chi connectivity index (χ3v) is 4.77. The summed E-state index contributed by atoms with van der Waals surface area (Å²) in [6, 6.07) is 4.55. The van der Waals surface area contributed by atoms with Gasteiger partial charge in [-0.15, -0.1) is 0 Å². The van der Waals surface area contributed by atoms with Crippen LogP contribution in [0, 0.1) is 6.92 Å². The van der Waals surface area contributed by atoms with Crippen LogP contribution in [0.25, 0.3) is 11.3 Å². The monoisotopic (exact) mass is 476 g/mol. The van der Waals surface area contributed by atoms with Crippen molar-refractivity contribution in [2.75, 3.05) is 10.6 Å². The molecule has 170 valence electrons. The number of hydrogen-bond donors (Lipinski definition) is 2. The van der Waals surface area contributed by atoms with Crippen LogP contribution in [0.2, 0.25) is 5.02 Å². The Bertz CT molecular complexity index is 1120. The number of halogens is 7. The number of aromatic nitrogens is 2. The lowest BCUT2D eigenvalue weighted by atomic mass is 10.0. The molecular formula is C20H15ClF6N4O. The van der Waals surface area contributed by atoms with E-state index in [4.69, 9.17) is 11.6 Å². The van der Waals surface area contributed by atoms with Gasteiger partial charge in [0.15, 0.2) is 0 Å². The number of rotatable bonds is 3. The minimum Gasteiger partial charge on any atom is -0.308 e. The van der Waals surface area contributed by atoms with Gasteiger partial charge >= 0.3 is 18.4 Å². The summed E-state index contributed by atoms with van der Waals surface area (Å²) in [6.07, 6.45) is -8.61. The second-order valence-corrected chi connectivity index (χ2v) is 7.28. The second-order valence-electron chi connectivity index (χ2n) is 6.87. The van der Waals surface area contributed by atoms with Crippen molar-refractivity contribution in [3.63, 3.8) is 0 Å². The summed E-state index contributed by atoms with van der Waals surface area (Å²) in [7, 11) is 1.67. The van der Waals surface area contributed by atoms with Crippen LogP contribution in [0.3, 0.4) is 0 Å². The van der Waals surface area contributed by atoms with Gasteiger partial charge in [0, 0.05) is 24.0 Å². The number of carbonyl (C=O) groups excluding carboxylic acids is 1. The summed E-state index contributed by atoms with van der Waals surface area (Å²) in [5.41, 5.74) is -1.49. The molecule has 12 heteroatoms. The molecule has 0 fully saturated rings. The van der Waals surface area contributed by atoms with Crippen molar-refractivity contribution in [3.8, 4) is 11.3 Å². The Labute approximate surface area is 183 Å². The molecule has 0 unspecified atom stereocenters. The van der Waals surface area contributed by atoms with Gasteiger partial charge in [-0.1, -0.05) is 17.7 Å². The third kappa shape index (κ3) is 5.16. The van der Waals surface area contributed by atoms with Gasteiger partial charge in [0.2, 0.25) is 0 Å². The van der Waals surface area contributed by atoms with Crippen LogP contribution in [-0.2, 0) is 19.4 Å². The molecule has 2 amide bonds. The van der Waals surface area contributed by atoms with Gasteiger partial charge in [0.05, 0.1) is 28.0 Å². The maximum absolute atomic E-state index is 13.0. The fourth-order valence-electron chi connectivity index (χ4n) is 2.99. The molecule has 3 rings (SSSR count).